The maximum atomic E-state index is 6.51. The minimum atomic E-state index is -1.37. The molecule has 0 aromatic rings. The van der Waals surface area contributed by atoms with E-state index in [1.165, 1.54) is 35.4 Å². The molecule has 0 bridgehead atoms. The van der Waals surface area contributed by atoms with Crippen molar-refractivity contribution in [3.05, 3.63) is 11.6 Å². The molecule has 0 aliphatic heterocycles. The first-order valence-electron chi connectivity index (χ1n) is 6.61. The van der Waals surface area contributed by atoms with Crippen LogP contribution in [0.25, 0.3) is 0 Å². The second kappa shape index (κ2) is 7.16. The van der Waals surface area contributed by atoms with Crippen LogP contribution in [0.4, 0.5) is 0 Å². The van der Waals surface area contributed by atoms with Gasteiger partial charge in [0.15, 0.2) is 8.32 Å². The SMILES string of the molecule is CC[Si](CC)(CC)OC1CC=C(CI)CC1. The molecule has 1 rings (SSSR count). The normalized spacial score (nSPS) is 22.0. The van der Waals surface area contributed by atoms with Crippen molar-refractivity contribution in [2.75, 3.05) is 4.43 Å². The Labute approximate surface area is 115 Å². The van der Waals surface area contributed by atoms with Gasteiger partial charge < -0.3 is 4.43 Å². The van der Waals surface area contributed by atoms with Gasteiger partial charge in [-0.25, -0.2) is 0 Å². The third-order valence-electron chi connectivity index (χ3n) is 3.98. The Bertz CT molecular complexity index is 228. The van der Waals surface area contributed by atoms with Crippen LogP contribution in [0.5, 0.6) is 0 Å². The van der Waals surface area contributed by atoms with Gasteiger partial charge in [0.05, 0.1) is 0 Å². The Kier molecular flexibility index (Phi) is 6.58. The zero-order valence-electron chi connectivity index (χ0n) is 10.9. The smallest absolute Gasteiger partial charge is 0.192 e. The van der Waals surface area contributed by atoms with Gasteiger partial charge in [0.2, 0.25) is 0 Å². The molecule has 0 heterocycles. The number of allylic oxidation sites excluding steroid dienone is 1. The Balaban J connectivity index is 2.52. The minimum absolute atomic E-state index is 0.526. The zero-order valence-corrected chi connectivity index (χ0v) is 14.0. The molecule has 0 N–H and O–H groups in total. The highest BCUT2D eigenvalue weighted by molar-refractivity contribution is 14.1. The van der Waals surface area contributed by atoms with Crippen LogP contribution in [0.2, 0.25) is 18.1 Å². The maximum absolute atomic E-state index is 6.51. The third kappa shape index (κ3) is 3.84. The summed E-state index contributed by atoms with van der Waals surface area (Å²) in [4.78, 5) is 0. The van der Waals surface area contributed by atoms with E-state index in [1.807, 2.05) is 0 Å². The van der Waals surface area contributed by atoms with Gasteiger partial charge in [0.25, 0.3) is 0 Å². The molecule has 0 fully saturated rings. The summed E-state index contributed by atoms with van der Waals surface area (Å²) in [5.74, 6) is 0. The van der Waals surface area contributed by atoms with Gasteiger partial charge in [-0.1, -0.05) is 55.0 Å². The largest absolute Gasteiger partial charge is 0.414 e. The highest BCUT2D eigenvalue weighted by Gasteiger charge is 2.32. The molecule has 1 atom stereocenters. The average molecular weight is 352 g/mol. The summed E-state index contributed by atoms with van der Waals surface area (Å²) in [5, 5.41) is 0. The molecule has 1 unspecified atom stereocenters. The summed E-state index contributed by atoms with van der Waals surface area (Å²) in [5.41, 5.74) is 1.62. The Hall–Kier alpha value is 0.647. The van der Waals surface area contributed by atoms with Crippen molar-refractivity contribution in [3.8, 4) is 0 Å². The third-order valence-corrected chi connectivity index (χ3v) is 9.66. The van der Waals surface area contributed by atoms with Crippen LogP contribution in [0, 0.1) is 0 Å². The van der Waals surface area contributed by atoms with E-state index in [0.717, 1.165) is 6.42 Å². The Morgan fingerprint density at radius 2 is 1.94 bits per heavy atom. The molecule has 0 aromatic heterocycles. The second-order valence-corrected chi connectivity index (χ2v) is 10.2. The van der Waals surface area contributed by atoms with Crippen LogP contribution in [-0.4, -0.2) is 18.8 Å². The first kappa shape index (κ1) is 14.7. The first-order chi connectivity index (χ1) is 7.69. The van der Waals surface area contributed by atoms with E-state index in [1.54, 1.807) is 5.57 Å². The van der Waals surface area contributed by atoms with E-state index in [-0.39, 0.29) is 0 Å². The van der Waals surface area contributed by atoms with Crippen molar-refractivity contribution in [3.63, 3.8) is 0 Å². The lowest BCUT2D eigenvalue weighted by molar-refractivity contribution is 0.174. The number of hydrogen-bond acceptors (Lipinski definition) is 1. The predicted octanol–water partition coefficient (Wildman–Crippen LogP) is 4.92. The van der Waals surface area contributed by atoms with Gasteiger partial charge in [-0.2, -0.15) is 0 Å². The molecule has 0 saturated heterocycles. The minimum Gasteiger partial charge on any atom is -0.414 e. The van der Waals surface area contributed by atoms with Crippen molar-refractivity contribution >= 4 is 30.9 Å². The van der Waals surface area contributed by atoms with Crippen molar-refractivity contribution in [1.29, 1.82) is 0 Å². The van der Waals surface area contributed by atoms with Gasteiger partial charge >= 0.3 is 0 Å². The monoisotopic (exact) mass is 352 g/mol. The number of hydrogen-bond donors (Lipinski definition) is 0. The molecule has 0 amide bonds. The van der Waals surface area contributed by atoms with Crippen molar-refractivity contribution < 1.29 is 4.43 Å². The molecule has 16 heavy (non-hydrogen) atoms. The zero-order chi connectivity index (χ0) is 12.0. The summed E-state index contributed by atoms with van der Waals surface area (Å²) in [7, 11) is -1.37. The van der Waals surface area contributed by atoms with Crippen LogP contribution >= 0.6 is 22.6 Å². The fraction of sp³-hybridized carbons (Fsp3) is 0.846. The van der Waals surface area contributed by atoms with E-state index in [9.17, 15) is 0 Å². The summed E-state index contributed by atoms with van der Waals surface area (Å²) in [6, 6.07) is 3.83. The van der Waals surface area contributed by atoms with Crippen molar-refractivity contribution in [1.82, 2.24) is 0 Å². The topological polar surface area (TPSA) is 9.23 Å². The molecule has 3 heteroatoms. The number of halogens is 1. The average Bonchev–Trinajstić information content (AvgIpc) is 2.37. The molecule has 0 aromatic carbocycles. The van der Waals surface area contributed by atoms with Gasteiger partial charge in [0, 0.05) is 10.5 Å². The summed E-state index contributed by atoms with van der Waals surface area (Å²) in [6.07, 6.45) is 6.62. The highest BCUT2D eigenvalue weighted by Crippen LogP contribution is 2.29. The fourth-order valence-electron chi connectivity index (χ4n) is 2.45. The molecule has 0 radical (unpaired) electrons. The quantitative estimate of drug-likeness (QED) is 0.285. The molecule has 0 saturated carbocycles. The first-order valence-corrected chi connectivity index (χ1v) is 10.7. The van der Waals surface area contributed by atoms with Crippen LogP contribution < -0.4 is 0 Å². The van der Waals surface area contributed by atoms with Crippen molar-refractivity contribution in [2.24, 2.45) is 0 Å². The van der Waals surface area contributed by atoms with Crippen LogP contribution in [0.1, 0.15) is 40.0 Å². The Morgan fingerprint density at radius 3 is 2.31 bits per heavy atom. The second-order valence-electron chi connectivity index (χ2n) is 4.75. The van der Waals surface area contributed by atoms with Crippen LogP contribution in [0.15, 0.2) is 11.6 Å². The molecular weight excluding hydrogens is 327 g/mol. The van der Waals surface area contributed by atoms with Gasteiger partial charge in [-0.05, 0) is 37.4 Å². The lowest BCUT2D eigenvalue weighted by Gasteiger charge is -2.34. The summed E-state index contributed by atoms with van der Waals surface area (Å²) < 4.78 is 7.71. The lowest BCUT2D eigenvalue weighted by Crippen LogP contribution is -2.40. The molecule has 1 aliphatic rings. The van der Waals surface area contributed by atoms with E-state index in [4.69, 9.17) is 4.43 Å². The number of alkyl halides is 1. The molecule has 0 spiro atoms. The van der Waals surface area contributed by atoms with Crippen LogP contribution in [0.3, 0.4) is 0 Å². The van der Waals surface area contributed by atoms with E-state index in [0.29, 0.717) is 6.10 Å². The van der Waals surface area contributed by atoms with E-state index < -0.39 is 8.32 Å². The van der Waals surface area contributed by atoms with Gasteiger partial charge in [-0.15, -0.1) is 0 Å². The molecular formula is C13H25IOSi. The summed E-state index contributed by atoms with van der Waals surface area (Å²) in [6.45, 7) is 6.94. The fourth-order valence-corrected chi connectivity index (χ4v) is 6.06. The Morgan fingerprint density at radius 1 is 1.31 bits per heavy atom. The molecule has 94 valence electrons. The maximum Gasteiger partial charge on any atom is 0.192 e. The number of rotatable bonds is 6. The summed E-state index contributed by atoms with van der Waals surface area (Å²) >= 11 is 2.46. The van der Waals surface area contributed by atoms with Crippen molar-refractivity contribution in [2.45, 2.75) is 64.3 Å². The molecule has 1 aliphatic carbocycles. The van der Waals surface area contributed by atoms with E-state index >= 15 is 0 Å². The standard InChI is InChI=1S/C13H25IOSi/c1-4-16(5-2,6-3)15-13-9-7-12(11-14)8-10-13/h7,13H,4-6,8-11H2,1-3H3. The van der Waals surface area contributed by atoms with E-state index in [2.05, 4.69) is 49.4 Å². The molecule has 1 nitrogen and oxygen atoms in total. The van der Waals surface area contributed by atoms with Gasteiger partial charge in [-0.3, -0.25) is 0 Å². The van der Waals surface area contributed by atoms with Gasteiger partial charge in [0.1, 0.15) is 0 Å². The lowest BCUT2D eigenvalue weighted by atomic mass is 9.99. The van der Waals surface area contributed by atoms with Crippen LogP contribution in [-0.2, 0) is 4.43 Å². The highest BCUT2D eigenvalue weighted by atomic mass is 127. The predicted molar refractivity (Wildman–Crippen MR) is 82.9 cm³/mol.